The van der Waals surface area contributed by atoms with Crippen molar-refractivity contribution in [1.82, 2.24) is 10.2 Å². The van der Waals surface area contributed by atoms with Crippen LogP contribution in [0.15, 0.2) is 11.6 Å². The average molecular weight is 256 g/mol. The molecule has 0 amide bonds. The summed E-state index contributed by atoms with van der Waals surface area (Å²) in [5.41, 5.74) is 0.460. The first-order valence-electron chi connectivity index (χ1n) is 6.64. The quantitative estimate of drug-likeness (QED) is 0.519. The Morgan fingerprint density at radius 3 is 2.94 bits per heavy atom. The van der Waals surface area contributed by atoms with E-state index in [9.17, 15) is 4.79 Å². The lowest BCUT2D eigenvalue weighted by Gasteiger charge is -2.32. The third kappa shape index (κ3) is 5.16. The third-order valence-electron chi connectivity index (χ3n) is 3.19. The number of rotatable bonds is 7. The molecule has 5 heteroatoms. The number of ether oxygens (including phenoxy) is 1. The Balaban J connectivity index is 2.23. The van der Waals surface area contributed by atoms with Gasteiger partial charge in [0.05, 0.1) is 12.7 Å². The van der Waals surface area contributed by atoms with Gasteiger partial charge in [0.1, 0.15) is 0 Å². The SMILES string of the molecule is CC/C(=C/CNCC1CN(CC)CCO1)C(=O)O. The molecule has 18 heavy (non-hydrogen) atoms. The molecule has 104 valence electrons. The number of likely N-dealkylation sites (N-methyl/N-ethyl adjacent to an activating group) is 1. The van der Waals surface area contributed by atoms with Crippen LogP contribution in [-0.2, 0) is 9.53 Å². The number of hydrogen-bond donors (Lipinski definition) is 2. The van der Waals surface area contributed by atoms with Crippen molar-refractivity contribution < 1.29 is 14.6 Å². The lowest BCUT2D eigenvalue weighted by Crippen LogP contribution is -2.46. The molecule has 1 saturated heterocycles. The molecule has 0 aromatic heterocycles. The van der Waals surface area contributed by atoms with Crippen molar-refractivity contribution >= 4 is 5.97 Å². The topological polar surface area (TPSA) is 61.8 Å². The highest BCUT2D eigenvalue weighted by molar-refractivity contribution is 5.86. The number of carbonyl (C=O) groups is 1. The van der Waals surface area contributed by atoms with Gasteiger partial charge in [0, 0.05) is 31.8 Å². The van der Waals surface area contributed by atoms with Gasteiger partial charge in [-0.15, -0.1) is 0 Å². The van der Waals surface area contributed by atoms with Crippen molar-refractivity contribution in [1.29, 1.82) is 0 Å². The summed E-state index contributed by atoms with van der Waals surface area (Å²) in [7, 11) is 0. The summed E-state index contributed by atoms with van der Waals surface area (Å²) in [6, 6.07) is 0. The zero-order valence-electron chi connectivity index (χ0n) is 11.3. The minimum absolute atomic E-state index is 0.210. The zero-order chi connectivity index (χ0) is 13.4. The van der Waals surface area contributed by atoms with Crippen LogP contribution in [0.4, 0.5) is 0 Å². The van der Waals surface area contributed by atoms with Gasteiger partial charge in [-0.25, -0.2) is 4.79 Å². The zero-order valence-corrected chi connectivity index (χ0v) is 11.3. The molecule has 0 spiro atoms. The van der Waals surface area contributed by atoms with E-state index in [1.54, 1.807) is 6.08 Å². The van der Waals surface area contributed by atoms with Crippen LogP contribution in [-0.4, -0.2) is 61.4 Å². The smallest absolute Gasteiger partial charge is 0.331 e. The van der Waals surface area contributed by atoms with Crippen LogP contribution in [0.1, 0.15) is 20.3 Å². The second-order valence-corrected chi connectivity index (χ2v) is 4.43. The van der Waals surface area contributed by atoms with Crippen LogP contribution in [0, 0.1) is 0 Å². The molecule has 1 aliphatic rings. The van der Waals surface area contributed by atoms with Crippen LogP contribution >= 0.6 is 0 Å². The molecule has 0 bridgehead atoms. The van der Waals surface area contributed by atoms with E-state index in [1.807, 2.05) is 6.92 Å². The number of morpholine rings is 1. The molecule has 0 saturated carbocycles. The second kappa shape index (κ2) is 8.24. The highest BCUT2D eigenvalue weighted by Gasteiger charge is 2.18. The van der Waals surface area contributed by atoms with Gasteiger partial charge in [-0.2, -0.15) is 0 Å². The van der Waals surface area contributed by atoms with Crippen molar-refractivity contribution in [3.05, 3.63) is 11.6 Å². The number of nitrogens with one attached hydrogen (secondary N) is 1. The van der Waals surface area contributed by atoms with Crippen molar-refractivity contribution in [2.75, 3.05) is 39.3 Å². The van der Waals surface area contributed by atoms with Crippen molar-refractivity contribution in [2.24, 2.45) is 0 Å². The first-order chi connectivity index (χ1) is 8.67. The fraction of sp³-hybridized carbons (Fsp3) is 0.769. The van der Waals surface area contributed by atoms with E-state index in [4.69, 9.17) is 9.84 Å². The summed E-state index contributed by atoms with van der Waals surface area (Å²) >= 11 is 0. The van der Waals surface area contributed by atoms with Crippen LogP contribution in [0.5, 0.6) is 0 Å². The third-order valence-corrected chi connectivity index (χ3v) is 3.19. The van der Waals surface area contributed by atoms with Gasteiger partial charge in [0.2, 0.25) is 0 Å². The van der Waals surface area contributed by atoms with E-state index < -0.39 is 5.97 Å². The summed E-state index contributed by atoms with van der Waals surface area (Å²) in [6.07, 6.45) is 2.51. The Morgan fingerprint density at radius 1 is 1.56 bits per heavy atom. The van der Waals surface area contributed by atoms with E-state index in [0.29, 0.717) is 18.5 Å². The molecule has 1 aliphatic heterocycles. The number of hydrogen-bond acceptors (Lipinski definition) is 4. The van der Waals surface area contributed by atoms with E-state index in [0.717, 1.165) is 32.8 Å². The van der Waals surface area contributed by atoms with E-state index in [2.05, 4.69) is 17.1 Å². The maximum absolute atomic E-state index is 10.8. The fourth-order valence-electron chi connectivity index (χ4n) is 2.01. The normalized spacial score (nSPS) is 22.1. The van der Waals surface area contributed by atoms with Crippen LogP contribution in [0.3, 0.4) is 0 Å². The molecule has 1 heterocycles. The first-order valence-corrected chi connectivity index (χ1v) is 6.64. The first kappa shape index (κ1) is 15.1. The molecule has 5 nitrogen and oxygen atoms in total. The number of aliphatic carboxylic acids is 1. The second-order valence-electron chi connectivity index (χ2n) is 4.43. The maximum atomic E-state index is 10.8. The van der Waals surface area contributed by atoms with E-state index in [1.165, 1.54) is 0 Å². The predicted octanol–water partition coefficient (Wildman–Crippen LogP) is 0.718. The Morgan fingerprint density at radius 2 is 2.33 bits per heavy atom. The lowest BCUT2D eigenvalue weighted by molar-refractivity contribution is -0.132. The molecule has 2 N–H and O–H groups in total. The monoisotopic (exact) mass is 256 g/mol. The van der Waals surface area contributed by atoms with Gasteiger partial charge < -0.3 is 15.2 Å². The molecule has 1 atom stereocenters. The van der Waals surface area contributed by atoms with Gasteiger partial charge in [-0.1, -0.05) is 19.9 Å². The van der Waals surface area contributed by atoms with Crippen LogP contribution in [0.25, 0.3) is 0 Å². The number of nitrogens with zero attached hydrogens (tertiary/aromatic N) is 1. The predicted molar refractivity (Wildman–Crippen MR) is 70.7 cm³/mol. The summed E-state index contributed by atoms with van der Waals surface area (Å²) < 4.78 is 5.65. The number of carboxylic acid groups (broad SMARTS) is 1. The summed E-state index contributed by atoms with van der Waals surface area (Å²) in [5.74, 6) is -0.828. The highest BCUT2D eigenvalue weighted by Crippen LogP contribution is 2.04. The van der Waals surface area contributed by atoms with Gasteiger partial charge in [0.25, 0.3) is 0 Å². The largest absolute Gasteiger partial charge is 0.478 e. The van der Waals surface area contributed by atoms with Gasteiger partial charge >= 0.3 is 5.97 Å². The average Bonchev–Trinajstić information content (AvgIpc) is 2.38. The van der Waals surface area contributed by atoms with Gasteiger partial charge in [-0.3, -0.25) is 4.90 Å². The lowest BCUT2D eigenvalue weighted by atomic mass is 10.2. The summed E-state index contributed by atoms with van der Waals surface area (Å²) in [5, 5.41) is 12.1. The molecule has 0 radical (unpaired) electrons. The Kier molecular flexibility index (Phi) is 6.93. The molecule has 1 unspecified atom stereocenters. The van der Waals surface area contributed by atoms with Gasteiger partial charge in [-0.05, 0) is 13.0 Å². The molecule has 1 fully saturated rings. The fourth-order valence-corrected chi connectivity index (χ4v) is 2.01. The Hall–Kier alpha value is -0.910. The minimum Gasteiger partial charge on any atom is -0.478 e. The summed E-state index contributed by atoms with van der Waals surface area (Å²) in [6.45, 7) is 9.15. The van der Waals surface area contributed by atoms with Crippen molar-refractivity contribution in [3.63, 3.8) is 0 Å². The number of carboxylic acids is 1. The van der Waals surface area contributed by atoms with Crippen LogP contribution in [0.2, 0.25) is 0 Å². The Labute approximate surface area is 109 Å². The molecular weight excluding hydrogens is 232 g/mol. The molecule has 1 rings (SSSR count). The van der Waals surface area contributed by atoms with Gasteiger partial charge in [0.15, 0.2) is 0 Å². The standard InChI is InChI=1S/C13H24N2O3/c1-3-11(13(16)17)5-6-14-9-12-10-15(4-2)7-8-18-12/h5,12,14H,3-4,6-10H2,1-2H3,(H,16,17)/b11-5-. The summed E-state index contributed by atoms with van der Waals surface area (Å²) in [4.78, 5) is 13.1. The van der Waals surface area contributed by atoms with Crippen molar-refractivity contribution in [3.8, 4) is 0 Å². The van der Waals surface area contributed by atoms with Crippen LogP contribution < -0.4 is 5.32 Å². The van der Waals surface area contributed by atoms with E-state index >= 15 is 0 Å². The highest BCUT2D eigenvalue weighted by atomic mass is 16.5. The van der Waals surface area contributed by atoms with E-state index in [-0.39, 0.29) is 6.10 Å². The van der Waals surface area contributed by atoms with Crippen molar-refractivity contribution in [2.45, 2.75) is 26.4 Å². The molecule has 0 aromatic carbocycles. The minimum atomic E-state index is -0.828. The maximum Gasteiger partial charge on any atom is 0.331 e. The molecular formula is C13H24N2O3. The molecule has 0 aromatic rings. The Bertz CT molecular complexity index is 292. The molecule has 0 aliphatic carbocycles.